The third-order valence-corrected chi connectivity index (χ3v) is 4.85. The first-order valence-corrected chi connectivity index (χ1v) is 9.80. The van der Waals surface area contributed by atoms with E-state index in [0.29, 0.717) is 18.7 Å². The summed E-state index contributed by atoms with van der Waals surface area (Å²) in [7, 11) is 6.66. The number of halogens is 1. The number of nitrogens with one attached hydrogen (secondary N) is 2. The molecule has 0 bridgehead atoms. The Balaban J connectivity index is 0.00000341. The third-order valence-electron chi connectivity index (χ3n) is 4.85. The summed E-state index contributed by atoms with van der Waals surface area (Å²) < 4.78 is 27.1. The van der Waals surface area contributed by atoms with Gasteiger partial charge in [-0.2, -0.15) is 0 Å². The fraction of sp³-hybridized carbons (Fsp3) is 0.409. The molecule has 0 unspecified atom stereocenters. The molecule has 0 radical (unpaired) electrons. The van der Waals surface area contributed by atoms with Gasteiger partial charge in [0.1, 0.15) is 17.2 Å². The van der Waals surface area contributed by atoms with E-state index in [1.54, 1.807) is 28.4 Å². The molecule has 1 heterocycles. The second kappa shape index (κ2) is 12.3. The van der Waals surface area contributed by atoms with Crippen molar-refractivity contribution in [3.05, 3.63) is 41.5 Å². The van der Waals surface area contributed by atoms with Crippen LogP contribution in [0.1, 0.15) is 11.1 Å². The molecule has 170 valence electrons. The van der Waals surface area contributed by atoms with Crippen molar-refractivity contribution in [1.29, 1.82) is 0 Å². The van der Waals surface area contributed by atoms with Gasteiger partial charge in [-0.1, -0.05) is 6.07 Å². The Labute approximate surface area is 200 Å². The zero-order valence-corrected chi connectivity index (χ0v) is 20.6. The molecule has 0 spiro atoms. The molecule has 2 aromatic carbocycles. The molecule has 2 N–H and O–H groups in total. The van der Waals surface area contributed by atoms with E-state index in [1.165, 1.54) is 5.56 Å². The molecule has 0 amide bonds. The summed E-state index contributed by atoms with van der Waals surface area (Å²) in [6.45, 7) is 1.70. The maximum Gasteiger partial charge on any atom is 0.231 e. The van der Waals surface area contributed by atoms with Crippen LogP contribution in [0, 0.1) is 0 Å². The van der Waals surface area contributed by atoms with E-state index in [1.807, 2.05) is 30.3 Å². The first kappa shape index (κ1) is 24.7. The standard InChI is InChI=1S/C22H29N3O5.HI/c1-23-22(24-9-7-15-5-6-18-21(11-15)30-14-29-18)25-10-8-17-19(27-3)12-16(26-2)13-20(17)28-4;/h5-6,11-13H,7-10,14H2,1-4H3,(H2,23,24,25);1H. The molecule has 3 rings (SSSR count). The van der Waals surface area contributed by atoms with Crippen LogP contribution < -0.4 is 34.3 Å². The van der Waals surface area contributed by atoms with E-state index in [0.717, 1.165) is 47.5 Å². The van der Waals surface area contributed by atoms with Crippen LogP contribution in [0.5, 0.6) is 28.7 Å². The van der Waals surface area contributed by atoms with Crippen molar-refractivity contribution in [2.24, 2.45) is 4.99 Å². The van der Waals surface area contributed by atoms with Gasteiger partial charge >= 0.3 is 0 Å². The average Bonchev–Trinajstić information content (AvgIpc) is 3.25. The molecule has 2 aromatic rings. The van der Waals surface area contributed by atoms with Crippen LogP contribution in [0.25, 0.3) is 0 Å². The summed E-state index contributed by atoms with van der Waals surface area (Å²) in [5.74, 6) is 4.51. The van der Waals surface area contributed by atoms with Gasteiger partial charge in [0.05, 0.1) is 21.3 Å². The Hall–Kier alpha value is -2.56. The summed E-state index contributed by atoms with van der Waals surface area (Å²) in [5.41, 5.74) is 2.15. The van der Waals surface area contributed by atoms with Gasteiger partial charge in [-0.3, -0.25) is 4.99 Å². The van der Waals surface area contributed by atoms with Crippen molar-refractivity contribution >= 4 is 29.9 Å². The number of methoxy groups -OCH3 is 3. The molecular formula is C22H30IN3O5. The molecule has 0 atom stereocenters. The summed E-state index contributed by atoms with van der Waals surface area (Å²) in [6.07, 6.45) is 1.55. The smallest absolute Gasteiger partial charge is 0.231 e. The second-order valence-corrected chi connectivity index (χ2v) is 6.62. The normalized spacial score (nSPS) is 12.1. The van der Waals surface area contributed by atoms with Crippen molar-refractivity contribution in [2.75, 3.05) is 48.3 Å². The Bertz CT molecular complexity index is 866. The van der Waals surface area contributed by atoms with Gasteiger partial charge < -0.3 is 34.3 Å². The summed E-state index contributed by atoms with van der Waals surface area (Å²) in [5, 5.41) is 6.66. The fourth-order valence-electron chi connectivity index (χ4n) is 3.27. The fourth-order valence-corrected chi connectivity index (χ4v) is 3.27. The molecule has 1 aliphatic rings. The molecular weight excluding hydrogens is 513 g/mol. The summed E-state index contributed by atoms with van der Waals surface area (Å²) in [4.78, 5) is 4.29. The van der Waals surface area contributed by atoms with Crippen molar-refractivity contribution < 1.29 is 23.7 Å². The topological polar surface area (TPSA) is 82.6 Å². The Morgan fingerprint density at radius 1 is 0.903 bits per heavy atom. The molecule has 8 nitrogen and oxygen atoms in total. The monoisotopic (exact) mass is 543 g/mol. The Kier molecular flexibility index (Phi) is 9.83. The van der Waals surface area contributed by atoms with Crippen molar-refractivity contribution in [1.82, 2.24) is 10.6 Å². The quantitative estimate of drug-likeness (QED) is 0.286. The third kappa shape index (κ3) is 6.46. The highest BCUT2D eigenvalue weighted by atomic mass is 127. The summed E-state index contributed by atoms with van der Waals surface area (Å²) >= 11 is 0. The highest BCUT2D eigenvalue weighted by molar-refractivity contribution is 14.0. The van der Waals surface area contributed by atoms with Crippen LogP contribution in [0.2, 0.25) is 0 Å². The second-order valence-electron chi connectivity index (χ2n) is 6.62. The zero-order chi connectivity index (χ0) is 21.3. The van der Waals surface area contributed by atoms with E-state index in [4.69, 9.17) is 23.7 Å². The lowest BCUT2D eigenvalue weighted by Crippen LogP contribution is -2.39. The predicted octanol–water partition coefficient (Wildman–Crippen LogP) is 3.01. The molecule has 0 aromatic heterocycles. The van der Waals surface area contributed by atoms with Gasteiger partial charge in [0.15, 0.2) is 17.5 Å². The minimum Gasteiger partial charge on any atom is -0.496 e. The van der Waals surface area contributed by atoms with E-state index in [-0.39, 0.29) is 30.8 Å². The molecule has 1 aliphatic heterocycles. The maximum absolute atomic E-state index is 5.51. The summed E-state index contributed by atoms with van der Waals surface area (Å²) in [6, 6.07) is 9.73. The van der Waals surface area contributed by atoms with Gasteiger partial charge in [0, 0.05) is 37.8 Å². The number of hydrogen-bond donors (Lipinski definition) is 2. The average molecular weight is 543 g/mol. The van der Waals surface area contributed by atoms with E-state index in [2.05, 4.69) is 15.6 Å². The van der Waals surface area contributed by atoms with Crippen molar-refractivity contribution in [2.45, 2.75) is 12.8 Å². The number of aliphatic imine (C=N–C) groups is 1. The number of fused-ring (bicyclic) bond motifs is 1. The maximum atomic E-state index is 5.51. The number of nitrogens with zero attached hydrogens (tertiary/aromatic N) is 1. The lowest BCUT2D eigenvalue weighted by molar-refractivity contribution is 0.174. The van der Waals surface area contributed by atoms with Gasteiger partial charge in [-0.25, -0.2) is 0 Å². The van der Waals surface area contributed by atoms with Crippen LogP contribution in [-0.4, -0.2) is 54.2 Å². The van der Waals surface area contributed by atoms with Gasteiger partial charge in [0.2, 0.25) is 6.79 Å². The lowest BCUT2D eigenvalue weighted by atomic mass is 10.1. The van der Waals surface area contributed by atoms with E-state index < -0.39 is 0 Å². The van der Waals surface area contributed by atoms with Crippen LogP contribution in [-0.2, 0) is 12.8 Å². The Morgan fingerprint density at radius 3 is 2.16 bits per heavy atom. The molecule has 0 saturated heterocycles. The minimum atomic E-state index is 0. The highest BCUT2D eigenvalue weighted by Crippen LogP contribution is 2.34. The van der Waals surface area contributed by atoms with Gasteiger partial charge in [0.25, 0.3) is 0 Å². The molecule has 9 heteroatoms. The number of hydrogen-bond acceptors (Lipinski definition) is 6. The van der Waals surface area contributed by atoms with E-state index >= 15 is 0 Å². The van der Waals surface area contributed by atoms with Crippen LogP contribution in [0.4, 0.5) is 0 Å². The number of guanidine groups is 1. The van der Waals surface area contributed by atoms with Crippen LogP contribution in [0.15, 0.2) is 35.3 Å². The number of ether oxygens (including phenoxy) is 5. The SMILES string of the molecule is CN=C(NCCc1ccc2c(c1)OCO2)NCCc1c(OC)cc(OC)cc1OC.I. The zero-order valence-electron chi connectivity index (χ0n) is 18.3. The predicted molar refractivity (Wildman–Crippen MR) is 131 cm³/mol. The Morgan fingerprint density at radius 2 is 1.55 bits per heavy atom. The number of benzene rings is 2. The largest absolute Gasteiger partial charge is 0.496 e. The van der Waals surface area contributed by atoms with Gasteiger partial charge in [-0.05, 0) is 30.5 Å². The first-order valence-electron chi connectivity index (χ1n) is 9.80. The highest BCUT2D eigenvalue weighted by Gasteiger charge is 2.14. The molecule has 0 saturated carbocycles. The number of rotatable bonds is 9. The first-order chi connectivity index (χ1) is 14.7. The molecule has 0 aliphatic carbocycles. The van der Waals surface area contributed by atoms with E-state index in [9.17, 15) is 0 Å². The molecule has 31 heavy (non-hydrogen) atoms. The van der Waals surface area contributed by atoms with Crippen LogP contribution >= 0.6 is 24.0 Å². The molecule has 0 fully saturated rings. The van der Waals surface area contributed by atoms with Crippen LogP contribution in [0.3, 0.4) is 0 Å². The van der Waals surface area contributed by atoms with Crippen molar-refractivity contribution in [3.63, 3.8) is 0 Å². The van der Waals surface area contributed by atoms with Crippen molar-refractivity contribution in [3.8, 4) is 28.7 Å². The van der Waals surface area contributed by atoms with Gasteiger partial charge in [-0.15, -0.1) is 24.0 Å². The minimum absolute atomic E-state index is 0. The lowest BCUT2D eigenvalue weighted by Gasteiger charge is -2.16.